The zero-order valence-electron chi connectivity index (χ0n) is 10.4. The third-order valence-electron chi connectivity index (χ3n) is 3.40. The zero-order chi connectivity index (χ0) is 13.9. The summed E-state index contributed by atoms with van der Waals surface area (Å²) in [4.78, 5) is 35.5. The molecule has 4 N–H and O–H groups in total. The van der Waals surface area contributed by atoms with E-state index in [0.717, 1.165) is 19.3 Å². The van der Waals surface area contributed by atoms with E-state index in [1.807, 2.05) is 0 Å². The van der Waals surface area contributed by atoms with Crippen LogP contribution in [0.25, 0.3) is 0 Å². The van der Waals surface area contributed by atoms with E-state index >= 15 is 0 Å². The van der Waals surface area contributed by atoms with Crippen LogP contribution in [0.1, 0.15) is 38.5 Å². The summed E-state index contributed by atoms with van der Waals surface area (Å²) in [5.74, 6) is -0.960. The first-order valence-electron chi connectivity index (χ1n) is 6.20. The van der Waals surface area contributed by atoms with E-state index in [0.29, 0.717) is 12.8 Å². The summed E-state index contributed by atoms with van der Waals surface area (Å²) in [6.45, 7) is 0. The van der Waals surface area contributed by atoms with Gasteiger partial charge in [-0.1, -0.05) is 19.3 Å². The minimum Gasteiger partial charge on any atom is -0.481 e. The normalized spacial score (nSPS) is 17.9. The van der Waals surface area contributed by atoms with Crippen LogP contribution in [-0.2, 0) is 4.79 Å². The van der Waals surface area contributed by atoms with Crippen molar-refractivity contribution in [2.45, 2.75) is 44.1 Å². The second kappa shape index (κ2) is 5.25. The number of hydrogen-bond donors (Lipinski definition) is 4. The molecule has 1 saturated carbocycles. The van der Waals surface area contributed by atoms with E-state index < -0.39 is 22.8 Å². The Morgan fingerprint density at radius 1 is 1.32 bits per heavy atom. The van der Waals surface area contributed by atoms with Crippen molar-refractivity contribution in [2.24, 2.45) is 0 Å². The highest BCUT2D eigenvalue weighted by molar-refractivity contribution is 5.69. The Morgan fingerprint density at radius 2 is 2.00 bits per heavy atom. The monoisotopic (exact) mass is 268 g/mol. The highest BCUT2D eigenvalue weighted by Crippen LogP contribution is 2.33. The van der Waals surface area contributed by atoms with Gasteiger partial charge in [0.15, 0.2) is 0 Å². The lowest BCUT2D eigenvalue weighted by Gasteiger charge is -2.36. The van der Waals surface area contributed by atoms with Gasteiger partial charge >= 0.3 is 11.7 Å². The summed E-state index contributed by atoms with van der Waals surface area (Å²) >= 11 is 0. The number of aromatic nitrogens is 3. The van der Waals surface area contributed by atoms with Crippen LogP contribution < -0.4 is 16.6 Å². The van der Waals surface area contributed by atoms with E-state index in [1.54, 1.807) is 0 Å². The van der Waals surface area contributed by atoms with Gasteiger partial charge in [-0.3, -0.25) is 14.6 Å². The van der Waals surface area contributed by atoms with Gasteiger partial charge in [-0.15, -0.1) is 5.10 Å². The molecule has 0 unspecified atom stereocenters. The molecule has 0 aliphatic heterocycles. The Kier molecular flexibility index (Phi) is 3.68. The molecule has 0 spiro atoms. The number of aromatic amines is 2. The van der Waals surface area contributed by atoms with Gasteiger partial charge in [0.2, 0.25) is 5.82 Å². The molecule has 1 heterocycles. The first-order chi connectivity index (χ1) is 9.01. The number of nitrogens with zero attached hydrogens (tertiary/aromatic N) is 1. The van der Waals surface area contributed by atoms with Crippen molar-refractivity contribution in [1.29, 1.82) is 0 Å². The predicted molar refractivity (Wildman–Crippen MR) is 67.2 cm³/mol. The summed E-state index contributed by atoms with van der Waals surface area (Å²) in [5, 5.41) is 17.7. The molecular weight excluding hydrogens is 252 g/mol. The van der Waals surface area contributed by atoms with Crippen LogP contribution in [-0.4, -0.2) is 31.8 Å². The number of anilines is 1. The number of rotatable bonds is 4. The molecule has 1 aliphatic carbocycles. The van der Waals surface area contributed by atoms with Crippen molar-refractivity contribution in [1.82, 2.24) is 15.2 Å². The molecule has 2 rings (SSSR count). The first kappa shape index (κ1) is 13.3. The Hall–Kier alpha value is -2.12. The van der Waals surface area contributed by atoms with Crippen molar-refractivity contribution in [3.8, 4) is 0 Å². The second-order valence-electron chi connectivity index (χ2n) is 4.89. The summed E-state index contributed by atoms with van der Waals surface area (Å²) < 4.78 is 0. The highest BCUT2D eigenvalue weighted by Gasteiger charge is 2.35. The van der Waals surface area contributed by atoms with Crippen LogP contribution in [0.3, 0.4) is 0 Å². The fraction of sp³-hybridized carbons (Fsp3) is 0.636. The third kappa shape index (κ3) is 3.21. The highest BCUT2D eigenvalue weighted by atomic mass is 16.4. The van der Waals surface area contributed by atoms with Crippen LogP contribution in [0.15, 0.2) is 9.59 Å². The molecule has 0 aromatic carbocycles. The SMILES string of the molecule is O=C(O)CC1(Nc2n[nH]c(=O)[nH]c2=O)CCCCC1. The first-order valence-corrected chi connectivity index (χ1v) is 6.20. The minimum absolute atomic E-state index is 0.0391. The van der Waals surface area contributed by atoms with Crippen LogP contribution in [0.4, 0.5) is 5.82 Å². The van der Waals surface area contributed by atoms with Gasteiger partial charge in [0.25, 0.3) is 5.56 Å². The largest absolute Gasteiger partial charge is 0.481 e. The Labute approximate surface area is 108 Å². The van der Waals surface area contributed by atoms with Crippen molar-refractivity contribution in [3.63, 3.8) is 0 Å². The predicted octanol–water partition coefficient (Wildman–Crippen LogP) is 0.0477. The number of nitrogens with one attached hydrogen (secondary N) is 3. The fourth-order valence-electron chi connectivity index (χ4n) is 2.55. The van der Waals surface area contributed by atoms with Crippen molar-refractivity contribution >= 4 is 11.8 Å². The van der Waals surface area contributed by atoms with Gasteiger partial charge in [0.05, 0.1) is 6.42 Å². The maximum atomic E-state index is 11.6. The molecule has 0 atom stereocenters. The van der Waals surface area contributed by atoms with Crippen molar-refractivity contribution < 1.29 is 9.90 Å². The standard InChI is InChI=1S/C11H16N4O4/c16-7(17)6-11(4-2-1-3-5-11)13-8-9(18)12-10(19)15-14-8/h1-6H2,(H,13,14)(H,16,17)(H2,12,15,18,19). The van der Waals surface area contributed by atoms with Crippen molar-refractivity contribution in [3.05, 3.63) is 20.8 Å². The van der Waals surface area contributed by atoms with Gasteiger partial charge in [-0.25, -0.2) is 9.89 Å². The van der Waals surface area contributed by atoms with E-state index in [4.69, 9.17) is 5.11 Å². The van der Waals surface area contributed by atoms with E-state index in [-0.39, 0.29) is 12.2 Å². The average molecular weight is 268 g/mol. The molecule has 1 fully saturated rings. The molecule has 1 aromatic rings. The van der Waals surface area contributed by atoms with Gasteiger partial charge < -0.3 is 10.4 Å². The molecule has 0 saturated heterocycles. The average Bonchev–Trinajstić information content (AvgIpc) is 2.33. The molecule has 104 valence electrons. The zero-order valence-corrected chi connectivity index (χ0v) is 10.4. The fourth-order valence-corrected chi connectivity index (χ4v) is 2.55. The maximum absolute atomic E-state index is 11.6. The van der Waals surface area contributed by atoms with E-state index in [2.05, 4.69) is 20.5 Å². The smallest absolute Gasteiger partial charge is 0.342 e. The number of carboxylic acid groups (broad SMARTS) is 1. The lowest BCUT2D eigenvalue weighted by molar-refractivity contribution is -0.138. The van der Waals surface area contributed by atoms with Crippen LogP contribution >= 0.6 is 0 Å². The minimum atomic E-state index is -0.921. The lowest BCUT2D eigenvalue weighted by atomic mass is 9.79. The summed E-state index contributed by atoms with van der Waals surface area (Å²) in [5.41, 5.74) is -1.99. The van der Waals surface area contributed by atoms with Gasteiger partial charge in [0, 0.05) is 5.54 Å². The second-order valence-corrected chi connectivity index (χ2v) is 4.89. The Morgan fingerprint density at radius 3 is 2.58 bits per heavy atom. The van der Waals surface area contributed by atoms with Crippen LogP contribution in [0.2, 0.25) is 0 Å². The molecule has 0 bridgehead atoms. The van der Waals surface area contributed by atoms with Gasteiger partial charge in [-0.2, -0.15) is 0 Å². The molecule has 1 aromatic heterocycles. The molecule has 0 radical (unpaired) electrons. The Bertz CT molecular complexity index is 571. The number of carboxylic acids is 1. The number of carbonyl (C=O) groups is 1. The summed E-state index contributed by atoms with van der Waals surface area (Å²) in [6, 6.07) is 0. The molecule has 8 nitrogen and oxygen atoms in total. The van der Waals surface area contributed by atoms with Crippen LogP contribution in [0, 0.1) is 0 Å². The molecule has 8 heteroatoms. The lowest BCUT2D eigenvalue weighted by Crippen LogP contribution is -2.44. The van der Waals surface area contributed by atoms with E-state index in [1.165, 1.54) is 0 Å². The third-order valence-corrected chi connectivity index (χ3v) is 3.40. The number of H-pyrrole nitrogens is 2. The van der Waals surface area contributed by atoms with Gasteiger partial charge in [0.1, 0.15) is 0 Å². The van der Waals surface area contributed by atoms with Crippen LogP contribution in [0.5, 0.6) is 0 Å². The maximum Gasteiger partial charge on any atom is 0.342 e. The topological polar surface area (TPSA) is 128 Å². The number of hydrogen-bond acceptors (Lipinski definition) is 5. The summed E-state index contributed by atoms with van der Waals surface area (Å²) in [7, 11) is 0. The number of aliphatic carboxylic acids is 1. The van der Waals surface area contributed by atoms with Gasteiger partial charge in [-0.05, 0) is 12.8 Å². The van der Waals surface area contributed by atoms with Crippen molar-refractivity contribution in [2.75, 3.05) is 5.32 Å². The summed E-state index contributed by atoms with van der Waals surface area (Å²) in [6.07, 6.45) is 4.12. The molecular formula is C11H16N4O4. The quantitative estimate of drug-likeness (QED) is 0.610. The van der Waals surface area contributed by atoms with E-state index in [9.17, 15) is 14.4 Å². The Balaban J connectivity index is 2.26. The molecule has 19 heavy (non-hydrogen) atoms. The molecule has 1 aliphatic rings. The molecule has 0 amide bonds.